The molecule has 0 aromatic carbocycles. The van der Waals surface area contributed by atoms with Crippen LogP contribution in [0.5, 0.6) is 0 Å². The molecule has 1 aliphatic carbocycles. The van der Waals surface area contributed by atoms with Gasteiger partial charge in [-0.3, -0.25) is 14.2 Å². The van der Waals surface area contributed by atoms with Crippen molar-refractivity contribution in [2.75, 3.05) is 0 Å². The topological polar surface area (TPSA) is 64.0 Å². The lowest BCUT2D eigenvalue weighted by Gasteiger charge is -2.13. The summed E-state index contributed by atoms with van der Waals surface area (Å²) < 4.78 is 1.51. The van der Waals surface area contributed by atoms with Crippen molar-refractivity contribution in [2.45, 2.75) is 38.8 Å². The lowest BCUT2D eigenvalue weighted by atomic mass is 10.2. The molecule has 1 amide bonds. The average molecular weight is 291 g/mol. The Labute approximate surface area is 120 Å². The van der Waals surface area contributed by atoms with Crippen LogP contribution in [-0.2, 0) is 11.3 Å². The summed E-state index contributed by atoms with van der Waals surface area (Å²) in [6, 6.07) is 2.03. The minimum atomic E-state index is -0.0701. The standard InChI is InChI=1S/C14H17N3O2S/c1-9(10-2-3-10)16-12(18)4-6-17-8-15-13-11(14(17)19)5-7-20-13/h5,7-10H,2-4,6H2,1H3,(H,16,18). The molecule has 0 radical (unpaired) electrons. The molecular formula is C14H17N3O2S. The molecule has 1 aliphatic rings. The van der Waals surface area contributed by atoms with Gasteiger partial charge in [0.1, 0.15) is 4.83 Å². The first-order valence-corrected chi connectivity index (χ1v) is 7.75. The molecule has 3 rings (SSSR count). The summed E-state index contributed by atoms with van der Waals surface area (Å²) in [5, 5.41) is 5.47. The molecule has 1 saturated carbocycles. The summed E-state index contributed by atoms with van der Waals surface area (Å²) in [6.07, 6.45) is 4.26. The van der Waals surface area contributed by atoms with E-state index in [1.54, 1.807) is 6.07 Å². The van der Waals surface area contributed by atoms with Crippen LogP contribution in [0.3, 0.4) is 0 Å². The number of thiophene rings is 1. The van der Waals surface area contributed by atoms with E-state index in [0.717, 1.165) is 4.83 Å². The van der Waals surface area contributed by atoms with Gasteiger partial charge < -0.3 is 5.32 Å². The number of hydrogen-bond acceptors (Lipinski definition) is 4. The Bertz CT molecular complexity index is 687. The van der Waals surface area contributed by atoms with Crippen molar-refractivity contribution < 1.29 is 4.79 Å². The van der Waals surface area contributed by atoms with Crippen molar-refractivity contribution in [3.8, 4) is 0 Å². The summed E-state index contributed by atoms with van der Waals surface area (Å²) >= 11 is 1.45. The lowest BCUT2D eigenvalue weighted by molar-refractivity contribution is -0.122. The molecule has 1 atom stereocenters. The number of fused-ring (bicyclic) bond motifs is 1. The van der Waals surface area contributed by atoms with Gasteiger partial charge in [-0.1, -0.05) is 0 Å². The van der Waals surface area contributed by atoms with E-state index in [4.69, 9.17) is 0 Å². The van der Waals surface area contributed by atoms with E-state index in [2.05, 4.69) is 10.3 Å². The van der Waals surface area contributed by atoms with Crippen LogP contribution in [0.4, 0.5) is 0 Å². The van der Waals surface area contributed by atoms with Gasteiger partial charge in [-0.05, 0) is 37.1 Å². The van der Waals surface area contributed by atoms with Gasteiger partial charge in [0.25, 0.3) is 5.56 Å². The van der Waals surface area contributed by atoms with Crippen LogP contribution in [0.2, 0.25) is 0 Å². The van der Waals surface area contributed by atoms with E-state index in [1.807, 2.05) is 12.3 Å². The number of hydrogen-bond donors (Lipinski definition) is 1. The lowest BCUT2D eigenvalue weighted by Crippen LogP contribution is -2.35. The number of nitrogens with zero attached hydrogens (tertiary/aromatic N) is 2. The monoisotopic (exact) mass is 291 g/mol. The molecule has 2 aromatic heterocycles. The highest BCUT2D eigenvalue weighted by molar-refractivity contribution is 7.16. The van der Waals surface area contributed by atoms with E-state index >= 15 is 0 Å². The zero-order chi connectivity index (χ0) is 14.1. The fourth-order valence-electron chi connectivity index (χ4n) is 2.31. The van der Waals surface area contributed by atoms with Crippen LogP contribution in [0.25, 0.3) is 10.2 Å². The molecular weight excluding hydrogens is 274 g/mol. The van der Waals surface area contributed by atoms with E-state index < -0.39 is 0 Å². The number of nitrogens with one attached hydrogen (secondary N) is 1. The molecule has 0 saturated heterocycles. The zero-order valence-electron chi connectivity index (χ0n) is 11.3. The van der Waals surface area contributed by atoms with Crippen LogP contribution < -0.4 is 10.9 Å². The van der Waals surface area contributed by atoms with Gasteiger partial charge in [0.15, 0.2) is 0 Å². The maximum absolute atomic E-state index is 12.1. The number of rotatable bonds is 5. The normalized spacial score (nSPS) is 16.2. The minimum absolute atomic E-state index is 0.00159. The molecule has 1 unspecified atom stereocenters. The van der Waals surface area contributed by atoms with Crippen LogP contribution >= 0.6 is 11.3 Å². The summed E-state index contributed by atoms with van der Waals surface area (Å²) in [6.45, 7) is 2.42. The van der Waals surface area contributed by atoms with Crippen molar-refractivity contribution in [2.24, 2.45) is 5.92 Å². The second-order valence-electron chi connectivity index (χ2n) is 5.33. The summed E-state index contributed by atoms with van der Waals surface area (Å²) in [5.41, 5.74) is -0.0701. The Morgan fingerprint density at radius 3 is 3.15 bits per heavy atom. The van der Waals surface area contributed by atoms with Gasteiger partial charge in [0, 0.05) is 19.0 Å². The maximum Gasteiger partial charge on any atom is 0.262 e. The molecule has 0 aliphatic heterocycles. The number of carbonyl (C=O) groups is 1. The SMILES string of the molecule is CC(NC(=O)CCn1cnc2sccc2c1=O)C1CC1. The largest absolute Gasteiger partial charge is 0.353 e. The molecule has 5 nitrogen and oxygen atoms in total. The van der Waals surface area contributed by atoms with Crippen LogP contribution in [0, 0.1) is 5.92 Å². The minimum Gasteiger partial charge on any atom is -0.353 e. The third-order valence-corrected chi connectivity index (χ3v) is 4.57. The number of amides is 1. The Balaban J connectivity index is 1.62. The smallest absolute Gasteiger partial charge is 0.262 e. The fraction of sp³-hybridized carbons (Fsp3) is 0.500. The molecule has 6 heteroatoms. The second kappa shape index (κ2) is 5.36. The Morgan fingerprint density at radius 2 is 2.40 bits per heavy atom. The van der Waals surface area contributed by atoms with E-state index in [9.17, 15) is 9.59 Å². The van der Waals surface area contributed by atoms with Crippen LogP contribution in [0.15, 0.2) is 22.6 Å². The highest BCUT2D eigenvalue weighted by Gasteiger charge is 2.28. The molecule has 20 heavy (non-hydrogen) atoms. The highest BCUT2D eigenvalue weighted by Crippen LogP contribution is 2.32. The number of aryl methyl sites for hydroxylation is 1. The third kappa shape index (κ3) is 2.75. The summed E-state index contributed by atoms with van der Waals surface area (Å²) in [4.78, 5) is 29.0. The van der Waals surface area contributed by atoms with Crippen molar-refractivity contribution in [1.29, 1.82) is 0 Å². The van der Waals surface area contributed by atoms with Gasteiger partial charge in [-0.25, -0.2) is 4.98 Å². The van der Waals surface area contributed by atoms with Gasteiger partial charge in [0.05, 0.1) is 11.7 Å². The van der Waals surface area contributed by atoms with Crippen LogP contribution in [0.1, 0.15) is 26.2 Å². The molecule has 106 valence electrons. The first kappa shape index (κ1) is 13.3. The molecule has 2 aromatic rings. The third-order valence-electron chi connectivity index (χ3n) is 3.75. The van der Waals surface area contributed by atoms with E-state index in [-0.39, 0.29) is 17.5 Å². The van der Waals surface area contributed by atoms with Gasteiger partial charge in [0.2, 0.25) is 5.91 Å². The van der Waals surface area contributed by atoms with E-state index in [0.29, 0.717) is 24.3 Å². The van der Waals surface area contributed by atoms with E-state index in [1.165, 1.54) is 35.1 Å². The van der Waals surface area contributed by atoms with Gasteiger partial charge >= 0.3 is 0 Å². The summed E-state index contributed by atoms with van der Waals surface area (Å²) in [7, 11) is 0. The average Bonchev–Trinajstić information content (AvgIpc) is 3.16. The fourth-order valence-corrected chi connectivity index (χ4v) is 3.04. The van der Waals surface area contributed by atoms with Crippen molar-refractivity contribution in [3.63, 3.8) is 0 Å². The van der Waals surface area contributed by atoms with Gasteiger partial charge in [-0.2, -0.15) is 0 Å². The van der Waals surface area contributed by atoms with Crippen molar-refractivity contribution in [1.82, 2.24) is 14.9 Å². The molecule has 0 spiro atoms. The predicted octanol–water partition coefficient (Wildman–Crippen LogP) is 1.76. The predicted molar refractivity (Wildman–Crippen MR) is 78.8 cm³/mol. The molecule has 0 bridgehead atoms. The van der Waals surface area contributed by atoms with Crippen LogP contribution in [-0.4, -0.2) is 21.5 Å². The second-order valence-corrected chi connectivity index (χ2v) is 6.22. The molecule has 1 fully saturated rings. The first-order valence-electron chi connectivity index (χ1n) is 6.87. The number of carbonyl (C=O) groups excluding carboxylic acids is 1. The van der Waals surface area contributed by atoms with Gasteiger partial charge in [-0.15, -0.1) is 11.3 Å². The zero-order valence-corrected chi connectivity index (χ0v) is 12.2. The molecule has 2 heterocycles. The highest BCUT2D eigenvalue weighted by atomic mass is 32.1. The Hall–Kier alpha value is -1.69. The van der Waals surface area contributed by atoms with Crippen molar-refractivity contribution in [3.05, 3.63) is 28.1 Å². The Morgan fingerprint density at radius 1 is 1.60 bits per heavy atom. The maximum atomic E-state index is 12.1. The summed E-state index contributed by atoms with van der Waals surface area (Å²) in [5.74, 6) is 0.646. The first-order chi connectivity index (χ1) is 9.65. The quantitative estimate of drug-likeness (QED) is 0.913. The Kier molecular flexibility index (Phi) is 3.56. The molecule has 1 N–H and O–H groups in total. The number of aromatic nitrogens is 2. The van der Waals surface area contributed by atoms with Crippen molar-refractivity contribution >= 4 is 27.5 Å².